The summed E-state index contributed by atoms with van der Waals surface area (Å²) in [6.45, 7) is 0.0368. The molecule has 0 unspecified atom stereocenters. The standard InChI is InChI=1S/C18H17BrN8O2/c19-13-2-1-3-14(23-13)24-17(29)12-5-9-4-11(9)27(12)15(28)7-26-8-22-10-6-21-18(20)25-16(10)26/h1-3,6,8-9,11-12H,4-5,7H2,(H2,20,21,25)(H,23,24,29)/t9-,11-,12+/m1/s1. The molecule has 3 N–H and O–H groups in total. The number of likely N-dealkylation sites (tertiary alicyclic amines) is 1. The number of piperidine rings is 1. The highest BCUT2D eigenvalue weighted by Gasteiger charge is 2.56. The first-order valence-electron chi connectivity index (χ1n) is 9.17. The Balaban J connectivity index is 1.35. The van der Waals surface area contributed by atoms with Crippen LogP contribution >= 0.6 is 15.9 Å². The first kappa shape index (κ1) is 18.0. The molecule has 0 bridgehead atoms. The van der Waals surface area contributed by atoms with E-state index in [9.17, 15) is 9.59 Å². The molecule has 0 radical (unpaired) electrons. The van der Waals surface area contributed by atoms with Crippen LogP contribution in [-0.4, -0.2) is 53.3 Å². The predicted octanol–water partition coefficient (Wildman–Crippen LogP) is 1.19. The molecule has 2 fully saturated rings. The van der Waals surface area contributed by atoms with Gasteiger partial charge in [0.05, 0.1) is 12.5 Å². The Morgan fingerprint density at radius 1 is 1.24 bits per heavy atom. The van der Waals surface area contributed by atoms with Gasteiger partial charge in [-0.15, -0.1) is 0 Å². The van der Waals surface area contributed by atoms with Crippen LogP contribution in [0.4, 0.5) is 11.8 Å². The van der Waals surface area contributed by atoms with Gasteiger partial charge in [0, 0.05) is 6.04 Å². The molecule has 0 aromatic carbocycles. The summed E-state index contributed by atoms with van der Waals surface area (Å²) in [4.78, 5) is 44.2. The smallest absolute Gasteiger partial charge is 0.248 e. The normalized spacial score (nSPS) is 22.5. The Morgan fingerprint density at radius 2 is 2.10 bits per heavy atom. The predicted molar refractivity (Wildman–Crippen MR) is 107 cm³/mol. The zero-order valence-corrected chi connectivity index (χ0v) is 16.8. The molecule has 3 aromatic rings. The summed E-state index contributed by atoms with van der Waals surface area (Å²) in [5.74, 6) is 0.578. The van der Waals surface area contributed by atoms with E-state index < -0.39 is 6.04 Å². The topological polar surface area (TPSA) is 132 Å². The summed E-state index contributed by atoms with van der Waals surface area (Å²) >= 11 is 3.29. The summed E-state index contributed by atoms with van der Waals surface area (Å²) in [7, 11) is 0. The fourth-order valence-electron chi connectivity index (χ4n) is 3.95. The van der Waals surface area contributed by atoms with Crippen LogP contribution in [0.3, 0.4) is 0 Å². The summed E-state index contributed by atoms with van der Waals surface area (Å²) in [6.07, 6.45) is 4.66. The van der Waals surface area contributed by atoms with Crippen molar-refractivity contribution >= 4 is 50.7 Å². The number of carbonyl (C=O) groups excluding carboxylic acids is 2. The zero-order chi connectivity index (χ0) is 20.1. The second kappa shape index (κ2) is 6.76. The van der Waals surface area contributed by atoms with Crippen molar-refractivity contribution in [3.05, 3.63) is 35.3 Å². The van der Waals surface area contributed by atoms with Gasteiger partial charge in [-0.2, -0.15) is 4.98 Å². The highest BCUT2D eigenvalue weighted by molar-refractivity contribution is 9.10. The lowest BCUT2D eigenvalue weighted by atomic mass is 10.1. The van der Waals surface area contributed by atoms with E-state index in [1.54, 1.807) is 27.7 Å². The summed E-state index contributed by atoms with van der Waals surface area (Å²) in [6, 6.07) is 4.89. The third-order valence-electron chi connectivity index (χ3n) is 5.34. The van der Waals surface area contributed by atoms with Gasteiger partial charge in [0.2, 0.25) is 17.8 Å². The Labute approximate surface area is 173 Å². The molecule has 1 saturated heterocycles. The molecule has 1 aliphatic heterocycles. The average molecular weight is 457 g/mol. The summed E-state index contributed by atoms with van der Waals surface area (Å²) in [5, 5.41) is 2.82. The maximum atomic E-state index is 13.1. The number of hydrogen-bond donors (Lipinski definition) is 2. The Morgan fingerprint density at radius 3 is 2.93 bits per heavy atom. The van der Waals surface area contributed by atoms with Crippen LogP contribution in [0.5, 0.6) is 0 Å². The molecule has 0 spiro atoms. The fraction of sp³-hybridized carbons (Fsp3) is 0.333. The largest absolute Gasteiger partial charge is 0.368 e. The first-order chi connectivity index (χ1) is 14.0. The van der Waals surface area contributed by atoms with E-state index in [4.69, 9.17) is 5.73 Å². The van der Waals surface area contributed by atoms with Gasteiger partial charge in [-0.05, 0) is 46.8 Å². The van der Waals surface area contributed by atoms with Gasteiger partial charge in [0.15, 0.2) is 5.65 Å². The van der Waals surface area contributed by atoms with Gasteiger partial charge in [-0.1, -0.05) is 6.07 Å². The SMILES string of the molecule is Nc1ncc2ncn(CC(=O)N3[C@@H]4C[C@@H]4C[C@H]3C(=O)Nc3cccc(Br)n3)c2n1. The maximum absolute atomic E-state index is 13.1. The van der Waals surface area contributed by atoms with Gasteiger partial charge in [0.25, 0.3) is 0 Å². The quantitative estimate of drug-likeness (QED) is 0.563. The van der Waals surface area contributed by atoms with Crippen molar-refractivity contribution in [3.63, 3.8) is 0 Å². The monoisotopic (exact) mass is 456 g/mol. The van der Waals surface area contributed by atoms with Gasteiger partial charge >= 0.3 is 0 Å². The van der Waals surface area contributed by atoms with E-state index in [0.717, 1.165) is 6.42 Å². The molecule has 3 atom stereocenters. The van der Waals surface area contributed by atoms with Crippen LogP contribution in [0, 0.1) is 5.92 Å². The lowest BCUT2D eigenvalue weighted by Crippen LogP contribution is -2.46. The number of nitrogen functional groups attached to an aromatic ring is 1. The average Bonchev–Trinajstić information content (AvgIpc) is 3.17. The lowest BCUT2D eigenvalue weighted by Gasteiger charge is -2.27. The third kappa shape index (κ3) is 3.31. The van der Waals surface area contributed by atoms with Gasteiger partial charge in [-0.25, -0.2) is 15.0 Å². The molecular weight excluding hydrogens is 440 g/mol. The number of carbonyl (C=O) groups is 2. The number of nitrogens with two attached hydrogens (primary N) is 1. The van der Waals surface area contributed by atoms with E-state index in [2.05, 4.69) is 41.2 Å². The van der Waals surface area contributed by atoms with Crippen molar-refractivity contribution in [1.29, 1.82) is 0 Å². The van der Waals surface area contributed by atoms with E-state index in [1.807, 2.05) is 0 Å². The number of rotatable bonds is 4. The van der Waals surface area contributed by atoms with Crippen LogP contribution < -0.4 is 11.1 Å². The maximum Gasteiger partial charge on any atom is 0.248 e. The minimum Gasteiger partial charge on any atom is -0.368 e. The van der Waals surface area contributed by atoms with Crippen LogP contribution in [0.1, 0.15) is 12.8 Å². The number of amides is 2. The second-order valence-electron chi connectivity index (χ2n) is 7.26. The molecule has 148 valence electrons. The van der Waals surface area contributed by atoms with Crippen LogP contribution in [0.15, 0.2) is 35.3 Å². The molecule has 10 nitrogen and oxygen atoms in total. The van der Waals surface area contributed by atoms with Crippen molar-refractivity contribution < 1.29 is 9.59 Å². The third-order valence-corrected chi connectivity index (χ3v) is 5.79. The van der Waals surface area contributed by atoms with Crippen molar-refractivity contribution in [2.45, 2.75) is 31.5 Å². The second-order valence-corrected chi connectivity index (χ2v) is 8.07. The van der Waals surface area contributed by atoms with Crippen LogP contribution in [-0.2, 0) is 16.1 Å². The number of anilines is 2. The molecule has 1 aliphatic carbocycles. The van der Waals surface area contributed by atoms with E-state index >= 15 is 0 Å². The van der Waals surface area contributed by atoms with Crippen molar-refractivity contribution in [2.24, 2.45) is 5.92 Å². The summed E-state index contributed by atoms with van der Waals surface area (Å²) < 4.78 is 2.27. The van der Waals surface area contributed by atoms with Gasteiger partial charge in [-0.3, -0.25) is 9.59 Å². The van der Waals surface area contributed by atoms with Crippen LogP contribution in [0.25, 0.3) is 11.2 Å². The highest BCUT2D eigenvalue weighted by atomic mass is 79.9. The number of nitrogens with zero attached hydrogens (tertiary/aromatic N) is 6. The number of imidazole rings is 1. The molecule has 2 amide bonds. The van der Waals surface area contributed by atoms with E-state index in [0.29, 0.717) is 33.9 Å². The number of hydrogen-bond acceptors (Lipinski definition) is 7. The number of fused-ring (bicyclic) bond motifs is 2. The molecule has 29 heavy (non-hydrogen) atoms. The van der Waals surface area contributed by atoms with Crippen molar-refractivity contribution in [3.8, 4) is 0 Å². The number of aromatic nitrogens is 5. The van der Waals surface area contributed by atoms with E-state index in [-0.39, 0.29) is 30.3 Å². The van der Waals surface area contributed by atoms with E-state index in [1.165, 1.54) is 12.5 Å². The first-order valence-corrected chi connectivity index (χ1v) is 9.97. The molecule has 2 aliphatic rings. The molecule has 5 rings (SSSR count). The molecule has 3 aromatic heterocycles. The number of halogens is 1. The lowest BCUT2D eigenvalue weighted by molar-refractivity contribution is -0.138. The Kier molecular flexibility index (Phi) is 4.19. The van der Waals surface area contributed by atoms with Crippen LogP contribution in [0.2, 0.25) is 0 Å². The Hall–Kier alpha value is -3.08. The molecule has 11 heteroatoms. The van der Waals surface area contributed by atoms with Gasteiger partial charge in [0.1, 0.15) is 28.5 Å². The van der Waals surface area contributed by atoms with Crippen molar-refractivity contribution in [2.75, 3.05) is 11.1 Å². The fourth-order valence-corrected chi connectivity index (χ4v) is 4.29. The minimum atomic E-state index is -0.512. The zero-order valence-electron chi connectivity index (χ0n) is 15.2. The van der Waals surface area contributed by atoms with Gasteiger partial charge < -0.3 is 20.5 Å². The highest BCUT2D eigenvalue weighted by Crippen LogP contribution is 2.48. The molecular formula is C18H17BrN8O2. The number of pyridine rings is 1. The van der Waals surface area contributed by atoms with Crippen molar-refractivity contribution in [1.82, 2.24) is 29.4 Å². The Bertz CT molecular complexity index is 1130. The number of nitrogens with one attached hydrogen (secondary N) is 1. The molecule has 1 saturated carbocycles. The minimum absolute atomic E-state index is 0.0368. The summed E-state index contributed by atoms with van der Waals surface area (Å²) in [5.41, 5.74) is 6.72. The molecule has 4 heterocycles.